The Bertz CT molecular complexity index is 557. The summed E-state index contributed by atoms with van der Waals surface area (Å²) in [5.74, 6) is -0.101. The highest BCUT2D eigenvalue weighted by molar-refractivity contribution is 5.96. The number of benzene rings is 1. The number of hydrogen-bond donors (Lipinski definition) is 2. The van der Waals surface area contributed by atoms with Crippen molar-refractivity contribution in [2.75, 3.05) is 26.2 Å². The predicted octanol–water partition coefficient (Wildman–Crippen LogP) is 1.23. The van der Waals surface area contributed by atoms with Crippen LogP contribution in [0.2, 0.25) is 0 Å². The van der Waals surface area contributed by atoms with Gasteiger partial charge in [0.05, 0.1) is 5.92 Å². The SMILES string of the molecule is Cc1ccc(C)c(C(=O)N2CCCC(C(=O)NCCN)C2)c1. The van der Waals surface area contributed by atoms with Crippen LogP contribution >= 0.6 is 0 Å². The fraction of sp³-hybridized carbons (Fsp3) is 0.529. The summed E-state index contributed by atoms with van der Waals surface area (Å²) in [6.07, 6.45) is 1.68. The zero-order chi connectivity index (χ0) is 16.1. The maximum absolute atomic E-state index is 12.7. The number of carbonyl (C=O) groups excluding carboxylic acids is 2. The third-order valence-corrected chi connectivity index (χ3v) is 4.15. The quantitative estimate of drug-likeness (QED) is 0.878. The molecule has 0 radical (unpaired) electrons. The van der Waals surface area contributed by atoms with E-state index in [9.17, 15) is 9.59 Å². The Hall–Kier alpha value is -1.88. The minimum atomic E-state index is -0.130. The molecule has 0 spiro atoms. The molecule has 1 aliphatic rings. The molecule has 1 heterocycles. The Labute approximate surface area is 131 Å². The van der Waals surface area contributed by atoms with Crippen molar-refractivity contribution in [3.63, 3.8) is 0 Å². The van der Waals surface area contributed by atoms with Gasteiger partial charge in [-0.25, -0.2) is 0 Å². The zero-order valence-electron chi connectivity index (χ0n) is 13.4. The molecule has 5 nitrogen and oxygen atoms in total. The van der Waals surface area contributed by atoms with Gasteiger partial charge in [-0.3, -0.25) is 9.59 Å². The van der Waals surface area contributed by atoms with Crippen LogP contribution in [0.3, 0.4) is 0 Å². The number of nitrogens with two attached hydrogens (primary N) is 1. The van der Waals surface area contributed by atoms with Crippen molar-refractivity contribution in [1.29, 1.82) is 0 Å². The maximum atomic E-state index is 12.7. The Kier molecular flexibility index (Phi) is 5.55. The molecule has 0 aliphatic carbocycles. The number of aryl methyl sites for hydroxylation is 2. The molecular weight excluding hydrogens is 278 g/mol. The van der Waals surface area contributed by atoms with Gasteiger partial charge in [0, 0.05) is 31.7 Å². The summed E-state index contributed by atoms with van der Waals surface area (Å²) in [6, 6.07) is 5.90. The number of nitrogens with one attached hydrogen (secondary N) is 1. The zero-order valence-corrected chi connectivity index (χ0v) is 13.4. The molecule has 1 unspecified atom stereocenters. The molecule has 0 bridgehead atoms. The van der Waals surface area contributed by atoms with E-state index in [4.69, 9.17) is 5.73 Å². The van der Waals surface area contributed by atoms with Crippen LogP contribution in [0.4, 0.5) is 0 Å². The molecule has 3 N–H and O–H groups in total. The second-order valence-electron chi connectivity index (χ2n) is 5.99. The molecule has 1 atom stereocenters. The highest BCUT2D eigenvalue weighted by atomic mass is 16.2. The summed E-state index contributed by atoms with van der Waals surface area (Å²) in [4.78, 5) is 26.6. The molecule has 2 rings (SSSR count). The van der Waals surface area contributed by atoms with E-state index in [2.05, 4.69) is 5.32 Å². The number of rotatable bonds is 4. The van der Waals surface area contributed by atoms with Crippen LogP contribution in [0.5, 0.6) is 0 Å². The number of piperidine rings is 1. The molecule has 2 amide bonds. The van der Waals surface area contributed by atoms with Crippen molar-refractivity contribution in [3.8, 4) is 0 Å². The lowest BCUT2D eigenvalue weighted by Crippen LogP contribution is -2.46. The standard InChI is InChI=1S/C17H25N3O2/c1-12-5-6-13(2)15(10-12)17(22)20-9-3-4-14(11-20)16(21)19-8-7-18/h5-6,10,14H,3-4,7-9,11,18H2,1-2H3,(H,19,21). The van der Waals surface area contributed by atoms with Crippen LogP contribution in [0.25, 0.3) is 0 Å². The third kappa shape index (κ3) is 3.85. The van der Waals surface area contributed by atoms with Gasteiger partial charge in [-0.1, -0.05) is 17.7 Å². The number of carbonyl (C=O) groups is 2. The van der Waals surface area contributed by atoms with Gasteiger partial charge in [0.1, 0.15) is 0 Å². The second-order valence-corrected chi connectivity index (χ2v) is 5.99. The fourth-order valence-corrected chi connectivity index (χ4v) is 2.85. The van der Waals surface area contributed by atoms with E-state index in [0.29, 0.717) is 26.2 Å². The highest BCUT2D eigenvalue weighted by Crippen LogP contribution is 2.20. The first-order valence-electron chi connectivity index (χ1n) is 7.87. The van der Waals surface area contributed by atoms with Gasteiger partial charge in [0.15, 0.2) is 0 Å². The van der Waals surface area contributed by atoms with Crippen molar-refractivity contribution in [3.05, 3.63) is 34.9 Å². The molecule has 1 saturated heterocycles. The third-order valence-electron chi connectivity index (χ3n) is 4.15. The Morgan fingerprint density at radius 3 is 2.86 bits per heavy atom. The normalized spacial score (nSPS) is 18.1. The number of hydrogen-bond acceptors (Lipinski definition) is 3. The van der Waals surface area contributed by atoms with E-state index in [1.54, 1.807) is 4.90 Å². The Morgan fingerprint density at radius 2 is 2.14 bits per heavy atom. The molecule has 0 aromatic heterocycles. The first-order chi connectivity index (χ1) is 10.5. The first-order valence-corrected chi connectivity index (χ1v) is 7.87. The highest BCUT2D eigenvalue weighted by Gasteiger charge is 2.29. The van der Waals surface area contributed by atoms with Crippen LogP contribution in [-0.2, 0) is 4.79 Å². The molecular formula is C17H25N3O2. The van der Waals surface area contributed by atoms with E-state index in [0.717, 1.165) is 29.5 Å². The average Bonchev–Trinajstić information content (AvgIpc) is 2.54. The van der Waals surface area contributed by atoms with Crippen LogP contribution in [0, 0.1) is 19.8 Å². The Balaban J connectivity index is 2.07. The topological polar surface area (TPSA) is 75.4 Å². The van der Waals surface area contributed by atoms with E-state index >= 15 is 0 Å². The number of amides is 2. The molecule has 0 saturated carbocycles. The van der Waals surface area contributed by atoms with Crippen molar-refractivity contribution >= 4 is 11.8 Å². The molecule has 1 fully saturated rings. The summed E-state index contributed by atoms with van der Waals surface area (Å²) in [5, 5.41) is 2.82. The van der Waals surface area contributed by atoms with Crippen LogP contribution in [-0.4, -0.2) is 42.9 Å². The van der Waals surface area contributed by atoms with Gasteiger partial charge in [-0.05, 0) is 38.3 Å². The first kappa shape index (κ1) is 16.5. The predicted molar refractivity (Wildman–Crippen MR) is 86.6 cm³/mol. The minimum absolute atomic E-state index is 0.00362. The monoisotopic (exact) mass is 303 g/mol. The van der Waals surface area contributed by atoms with Crippen LogP contribution in [0.15, 0.2) is 18.2 Å². The van der Waals surface area contributed by atoms with Crippen molar-refractivity contribution in [1.82, 2.24) is 10.2 Å². The maximum Gasteiger partial charge on any atom is 0.254 e. The largest absolute Gasteiger partial charge is 0.355 e. The number of likely N-dealkylation sites (tertiary alicyclic amines) is 1. The molecule has 1 aromatic carbocycles. The smallest absolute Gasteiger partial charge is 0.254 e. The van der Waals surface area contributed by atoms with E-state index < -0.39 is 0 Å². The fourth-order valence-electron chi connectivity index (χ4n) is 2.85. The second kappa shape index (κ2) is 7.40. The van der Waals surface area contributed by atoms with E-state index in [-0.39, 0.29) is 17.7 Å². The van der Waals surface area contributed by atoms with Gasteiger partial charge >= 0.3 is 0 Å². The van der Waals surface area contributed by atoms with Gasteiger partial charge in [-0.15, -0.1) is 0 Å². The van der Waals surface area contributed by atoms with E-state index in [1.807, 2.05) is 32.0 Å². The van der Waals surface area contributed by atoms with Gasteiger partial charge in [0.25, 0.3) is 5.91 Å². The van der Waals surface area contributed by atoms with Crippen molar-refractivity contribution in [2.45, 2.75) is 26.7 Å². The summed E-state index contributed by atoms with van der Waals surface area (Å²) in [5.41, 5.74) is 8.20. The lowest BCUT2D eigenvalue weighted by molar-refractivity contribution is -0.126. The molecule has 1 aromatic rings. The van der Waals surface area contributed by atoms with Crippen molar-refractivity contribution < 1.29 is 9.59 Å². The lowest BCUT2D eigenvalue weighted by atomic mass is 9.95. The van der Waals surface area contributed by atoms with Gasteiger partial charge in [0.2, 0.25) is 5.91 Å². The summed E-state index contributed by atoms with van der Waals surface area (Å²) in [7, 11) is 0. The van der Waals surface area contributed by atoms with Gasteiger partial charge in [-0.2, -0.15) is 0 Å². The molecule has 22 heavy (non-hydrogen) atoms. The molecule has 1 aliphatic heterocycles. The van der Waals surface area contributed by atoms with Crippen LogP contribution in [0.1, 0.15) is 34.3 Å². The minimum Gasteiger partial charge on any atom is -0.355 e. The Morgan fingerprint density at radius 1 is 1.36 bits per heavy atom. The number of nitrogens with zero attached hydrogens (tertiary/aromatic N) is 1. The van der Waals surface area contributed by atoms with Gasteiger partial charge < -0.3 is 16.0 Å². The molecule has 5 heteroatoms. The summed E-state index contributed by atoms with van der Waals surface area (Å²) >= 11 is 0. The van der Waals surface area contributed by atoms with Crippen LogP contribution < -0.4 is 11.1 Å². The van der Waals surface area contributed by atoms with E-state index in [1.165, 1.54) is 0 Å². The van der Waals surface area contributed by atoms with Crippen molar-refractivity contribution in [2.24, 2.45) is 11.7 Å². The average molecular weight is 303 g/mol. The summed E-state index contributed by atoms with van der Waals surface area (Å²) in [6.45, 7) is 6.05. The summed E-state index contributed by atoms with van der Waals surface area (Å²) < 4.78 is 0. The lowest BCUT2D eigenvalue weighted by Gasteiger charge is -2.32. The molecule has 120 valence electrons.